The fourth-order valence-electron chi connectivity index (χ4n) is 3.48. The van der Waals surface area contributed by atoms with Gasteiger partial charge in [0.05, 0.1) is 14.2 Å². The van der Waals surface area contributed by atoms with E-state index in [0.717, 1.165) is 10.8 Å². The standard InChI is InChI=1S/C22H16F2O2/c1-25-21-17(23)11-13-7-3-5-9-15(13)19(21)20-16-10-6-4-8-14(16)12-18(24)22(20)26-2/h3-12H,1-2H3. The second-order valence-corrected chi connectivity index (χ2v) is 5.98. The van der Waals surface area contributed by atoms with Gasteiger partial charge in [-0.15, -0.1) is 0 Å². The van der Waals surface area contributed by atoms with Gasteiger partial charge in [0.25, 0.3) is 0 Å². The SMILES string of the molecule is COc1c(F)cc2ccccc2c1-c1c(OC)c(F)cc2ccccc12. The Morgan fingerprint density at radius 1 is 0.615 bits per heavy atom. The minimum absolute atomic E-state index is 0.0674. The molecular formula is C22H16F2O2. The Balaban J connectivity index is 2.27. The van der Waals surface area contributed by atoms with E-state index in [2.05, 4.69) is 0 Å². The topological polar surface area (TPSA) is 18.5 Å². The Bertz CT molecular complexity index is 1040. The van der Waals surface area contributed by atoms with Crippen molar-refractivity contribution < 1.29 is 18.3 Å². The predicted molar refractivity (Wildman–Crippen MR) is 99.9 cm³/mol. The Morgan fingerprint density at radius 3 is 1.38 bits per heavy atom. The summed E-state index contributed by atoms with van der Waals surface area (Å²) in [5, 5.41) is 2.94. The number of halogens is 2. The van der Waals surface area contributed by atoms with Crippen molar-refractivity contribution in [3.05, 3.63) is 72.3 Å². The molecule has 26 heavy (non-hydrogen) atoms. The summed E-state index contributed by atoms with van der Waals surface area (Å²) in [7, 11) is 2.81. The van der Waals surface area contributed by atoms with Crippen LogP contribution in [0.3, 0.4) is 0 Å². The number of methoxy groups -OCH3 is 2. The van der Waals surface area contributed by atoms with Crippen molar-refractivity contribution in [1.29, 1.82) is 0 Å². The van der Waals surface area contributed by atoms with E-state index in [1.54, 1.807) is 0 Å². The Kier molecular flexibility index (Phi) is 3.96. The molecule has 0 saturated heterocycles. The number of hydrogen-bond donors (Lipinski definition) is 0. The average molecular weight is 350 g/mol. The molecule has 4 heteroatoms. The van der Waals surface area contributed by atoms with E-state index in [1.165, 1.54) is 26.4 Å². The largest absolute Gasteiger partial charge is 0.493 e. The van der Waals surface area contributed by atoms with Gasteiger partial charge >= 0.3 is 0 Å². The summed E-state index contributed by atoms with van der Waals surface area (Å²) in [5.74, 6) is -0.872. The lowest BCUT2D eigenvalue weighted by Crippen LogP contribution is -1.99. The van der Waals surface area contributed by atoms with Crippen LogP contribution in [0.2, 0.25) is 0 Å². The van der Waals surface area contributed by atoms with Crippen LogP contribution in [-0.2, 0) is 0 Å². The molecule has 0 bridgehead atoms. The van der Waals surface area contributed by atoms with Crippen molar-refractivity contribution >= 4 is 21.5 Å². The van der Waals surface area contributed by atoms with Gasteiger partial charge in [-0.3, -0.25) is 0 Å². The molecule has 0 saturated carbocycles. The molecule has 2 nitrogen and oxygen atoms in total. The second kappa shape index (κ2) is 6.30. The molecule has 0 unspecified atom stereocenters. The number of fused-ring (bicyclic) bond motifs is 2. The third-order valence-electron chi connectivity index (χ3n) is 4.57. The van der Waals surface area contributed by atoms with E-state index in [4.69, 9.17) is 9.47 Å². The van der Waals surface area contributed by atoms with Gasteiger partial charge in [0, 0.05) is 11.1 Å². The molecule has 0 aliphatic carbocycles. The van der Waals surface area contributed by atoms with E-state index in [-0.39, 0.29) is 11.5 Å². The molecule has 4 aromatic rings. The molecule has 0 fully saturated rings. The molecule has 0 aliphatic heterocycles. The molecule has 0 heterocycles. The van der Waals surface area contributed by atoms with Crippen molar-refractivity contribution in [3.63, 3.8) is 0 Å². The van der Waals surface area contributed by atoms with Crippen LogP contribution >= 0.6 is 0 Å². The Labute approximate surface area is 149 Å². The normalized spacial score (nSPS) is 11.1. The van der Waals surface area contributed by atoms with Crippen molar-refractivity contribution in [2.75, 3.05) is 14.2 Å². The van der Waals surface area contributed by atoms with Crippen molar-refractivity contribution in [2.45, 2.75) is 0 Å². The highest BCUT2D eigenvalue weighted by atomic mass is 19.1. The van der Waals surface area contributed by atoms with E-state index in [1.807, 2.05) is 48.5 Å². The lowest BCUT2D eigenvalue weighted by atomic mass is 9.91. The van der Waals surface area contributed by atoms with Gasteiger partial charge in [0.1, 0.15) is 0 Å². The van der Waals surface area contributed by atoms with E-state index < -0.39 is 11.6 Å². The molecule has 0 N–H and O–H groups in total. The first-order valence-electron chi connectivity index (χ1n) is 8.16. The van der Waals surface area contributed by atoms with Crippen LogP contribution in [0.25, 0.3) is 32.7 Å². The number of ether oxygens (including phenoxy) is 2. The van der Waals surface area contributed by atoms with Crippen LogP contribution in [0.1, 0.15) is 0 Å². The van der Waals surface area contributed by atoms with Gasteiger partial charge < -0.3 is 9.47 Å². The lowest BCUT2D eigenvalue weighted by molar-refractivity contribution is 0.383. The van der Waals surface area contributed by atoms with Gasteiger partial charge in [-0.2, -0.15) is 0 Å². The Hall–Kier alpha value is -3.14. The smallest absolute Gasteiger partial charge is 0.166 e. The molecular weight excluding hydrogens is 334 g/mol. The van der Waals surface area contributed by atoms with Crippen molar-refractivity contribution in [3.8, 4) is 22.6 Å². The molecule has 130 valence electrons. The second-order valence-electron chi connectivity index (χ2n) is 5.98. The first-order valence-corrected chi connectivity index (χ1v) is 8.16. The highest BCUT2D eigenvalue weighted by Gasteiger charge is 2.23. The van der Waals surface area contributed by atoms with Gasteiger partial charge in [0.2, 0.25) is 0 Å². The highest BCUT2D eigenvalue weighted by molar-refractivity contribution is 6.09. The molecule has 0 radical (unpaired) electrons. The zero-order valence-corrected chi connectivity index (χ0v) is 14.3. The molecule has 0 spiro atoms. The van der Waals surface area contributed by atoms with E-state index in [9.17, 15) is 8.78 Å². The molecule has 4 aromatic carbocycles. The molecule has 4 rings (SSSR count). The maximum absolute atomic E-state index is 14.7. The first-order chi connectivity index (χ1) is 12.7. The highest BCUT2D eigenvalue weighted by Crippen LogP contribution is 2.47. The minimum Gasteiger partial charge on any atom is -0.493 e. The van der Waals surface area contributed by atoms with E-state index in [0.29, 0.717) is 21.9 Å². The Morgan fingerprint density at radius 2 is 1.00 bits per heavy atom. The molecule has 0 amide bonds. The lowest BCUT2D eigenvalue weighted by Gasteiger charge is -2.18. The summed E-state index contributed by atoms with van der Waals surface area (Å²) < 4.78 is 40.2. The van der Waals surface area contributed by atoms with Crippen LogP contribution < -0.4 is 9.47 Å². The quantitative estimate of drug-likeness (QED) is 0.454. The fraction of sp³-hybridized carbons (Fsp3) is 0.0909. The summed E-state index contributed by atoms with van der Waals surface area (Å²) in [5.41, 5.74) is 0.964. The summed E-state index contributed by atoms with van der Waals surface area (Å²) in [6.07, 6.45) is 0. The molecule has 0 atom stereocenters. The van der Waals surface area contributed by atoms with Gasteiger partial charge in [-0.05, 0) is 33.7 Å². The maximum Gasteiger partial charge on any atom is 0.166 e. The van der Waals surface area contributed by atoms with Crippen molar-refractivity contribution in [1.82, 2.24) is 0 Å². The van der Waals surface area contributed by atoms with E-state index >= 15 is 0 Å². The summed E-state index contributed by atoms with van der Waals surface area (Å²) >= 11 is 0. The zero-order valence-electron chi connectivity index (χ0n) is 14.3. The van der Waals surface area contributed by atoms with Crippen LogP contribution in [-0.4, -0.2) is 14.2 Å². The average Bonchev–Trinajstić information content (AvgIpc) is 2.66. The first kappa shape index (κ1) is 16.3. The van der Waals surface area contributed by atoms with Gasteiger partial charge in [-0.25, -0.2) is 8.78 Å². The zero-order chi connectivity index (χ0) is 18.3. The van der Waals surface area contributed by atoms with Crippen molar-refractivity contribution in [2.24, 2.45) is 0 Å². The summed E-state index contributed by atoms with van der Waals surface area (Å²) in [6.45, 7) is 0. The fourth-order valence-corrected chi connectivity index (χ4v) is 3.48. The van der Waals surface area contributed by atoms with Gasteiger partial charge in [0.15, 0.2) is 23.1 Å². The molecule has 0 aromatic heterocycles. The number of rotatable bonds is 3. The number of hydrogen-bond acceptors (Lipinski definition) is 2. The predicted octanol–water partition coefficient (Wildman–Crippen LogP) is 5.96. The van der Waals surface area contributed by atoms with Gasteiger partial charge in [-0.1, -0.05) is 48.5 Å². The summed E-state index contributed by atoms with van der Waals surface area (Å²) in [4.78, 5) is 0. The minimum atomic E-state index is -0.503. The monoisotopic (exact) mass is 350 g/mol. The van der Waals surface area contributed by atoms with Crippen LogP contribution in [0.5, 0.6) is 11.5 Å². The van der Waals surface area contributed by atoms with Crippen LogP contribution in [0, 0.1) is 11.6 Å². The third-order valence-corrected chi connectivity index (χ3v) is 4.57. The summed E-state index contributed by atoms with van der Waals surface area (Å²) in [6, 6.07) is 17.6. The third kappa shape index (κ3) is 2.37. The number of benzene rings is 4. The molecule has 0 aliphatic rings. The van der Waals surface area contributed by atoms with Crippen LogP contribution in [0.4, 0.5) is 8.78 Å². The van der Waals surface area contributed by atoms with Crippen LogP contribution in [0.15, 0.2) is 60.7 Å². The maximum atomic E-state index is 14.7.